The molecule has 0 aliphatic rings. The van der Waals surface area contributed by atoms with Gasteiger partial charge in [-0.15, -0.1) is 0 Å². The second-order valence-electron chi connectivity index (χ2n) is 8.21. The highest BCUT2D eigenvalue weighted by Gasteiger charge is 2.21. The zero-order chi connectivity index (χ0) is 23.0. The number of hydrogen-bond donors (Lipinski definition) is 3. The molecule has 0 aliphatic carbocycles. The fraction of sp³-hybridized carbons (Fsp3) is 0.917. The van der Waals surface area contributed by atoms with Crippen molar-refractivity contribution < 1.29 is 34.4 Å². The van der Waals surface area contributed by atoms with E-state index in [4.69, 9.17) is 19.7 Å². The van der Waals surface area contributed by atoms with Gasteiger partial charge >= 0.3 is 11.9 Å². The van der Waals surface area contributed by atoms with E-state index in [0.29, 0.717) is 6.61 Å². The monoisotopic (exact) mass is 446 g/mol. The fourth-order valence-electron chi connectivity index (χ4n) is 3.30. The van der Waals surface area contributed by atoms with E-state index in [9.17, 15) is 14.7 Å². The molecule has 0 aromatic carbocycles. The van der Waals surface area contributed by atoms with Gasteiger partial charge in [-0.05, 0) is 25.7 Å². The van der Waals surface area contributed by atoms with E-state index in [1.54, 1.807) is 0 Å². The average Bonchev–Trinajstić information content (AvgIpc) is 2.76. The van der Waals surface area contributed by atoms with Gasteiger partial charge in [-0.3, -0.25) is 4.79 Å². The van der Waals surface area contributed by atoms with Crippen LogP contribution in [0.5, 0.6) is 0 Å². The molecular weight excluding hydrogens is 400 g/mol. The molecule has 1 atom stereocenters. The van der Waals surface area contributed by atoms with Crippen LogP contribution >= 0.6 is 0 Å². The average molecular weight is 447 g/mol. The topological polar surface area (TPSA) is 113 Å². The smallest absolute Gasteiger partial charge is 0.335 e. The highest BCUT2D eigenvalue weighted by atomic mass is 16.6. The number of ether oxygens (including phenoxy) is 2. The Morgan fingerprint density at radius 1 is 0.548 bits per heavy atom. The van der Waals surface area contributed by atoms with Crippen molar-refractivity contribution in [3.05, 3.63) is 0 Å². The SMILES string of the molecule is O=C(CC(O)C(=O)OCCCCCCCCCCO)OCCCCCCCCCCO. The van der Waals surface area contributed by atoms with Crippen molar-refractivity contribution in [2.24, 2.45) is 0 Å². The molecule has 7 nitrogen and oxygen atoms in total. The summed E-state index contributed by atoms with van der Waals surface area (Å²) in [6, 6.07) is 0. The number of aliphatic hydroxyl groups excluding tert-OH is 3. The van der Waals surface area contributed by atoms with Crippen LogP contribution < -0.4 is 0 Å². The van der Waals surface area contributed by atoms with E-state index in [2.05, 4.69) is 0 Å². The van der Waals surface area contributed by atoms with Gasteiger partial charge in [0, 0.05) is 13.2 Å². The lowest BCUT2D eigenvalue weighted by atomic mass is 10.1. The molecule has 0 fully saturated rings. The lowest BCUT2D eigenvalue weighted by Crippen LogP contribution is -2.27. The first-order valence-corrected chi connectivity index (χ1v) is 12.3. The van der Waals surface area contributed by atoms with Crippen LogP contribution in [0.2, 0.25) is 0 Å². The lowest BCUT2D eigenvalue weighted by Gasteiger charge is -2.11. The summed E-state index contributed by atoms with van der Waals surface area (Å²) in [7, 11) is 0. The Balaban J connectivity index is 3.48. The van der Waals surface area contributed by atoms with Crippen molar-refractivity contribution in [1.82, 2.24) is 0 Å². The van der Waals surface area contributed by atoms with Crippen LogP contribution in [0, 0.1) is 0 Å². The van der Waals surface area contributed by atoms with E-state index >= 15 is 0 Å². The van der Waals surface area contributed by atoms with Gasteiger partial charge in [0.05, 0.1) is 19.6 Å². The summed E-state index contributed by atoms with van der Waals surface area (Å²) in [5, 5.41) is 27.2. The minimum atomic E-state index is -1.46. The molecule has 0 heterocycles. The predicted octanol–water partition coefficient (Wildman–Crippen LogP) is 4.05. The Kier molecular flexibility index (Phi) is 22.6. The standard InChI is InChI=1S/C24H46O7/c25-17-13-9-5-1-3-7-11-15-19-30-23(28)21-22(27)24(29)31-20-16-12-8-4-2-6-10-14-18-26/h22,25-27H,1-21H2. The van der Waals surface area contributed by atoms with E-state index in [1.165, 1.54) is 6.42 Å². The van der Waals surface area contributed by atoms with Crippen molar-refractivity contribution >= 4 is 11.9 Å². The van der Waals surface area contributed by atoms with E-state index < -0.39 is 18.0 Å². The highest BCUT2D eigenvalue weighted by molar-refractivity contribution is 5.81. The van der Waals surface area contributed by atoms with Crippen molar-refractivity contribution in [2.75, 3.05) is 26.4 Å². The summed E-state index contributed by atoms with van der Waals surface area (Å²) in [5.41, 5.74) is 0. The summed E-state index contributed by atoms with van der Waals surface area (Å²) in [4.78, 5) is 23.5. The Morgan fingerprint density at radius 3 is 1.32 bits per heavy atom. The van der Waals surface area contributed by atoms with Gasteiger partial charge in [0.1, 0.15) is 0 Å². The molecule has 0 spiro atoms. The third kappa shape index (κ3) is 21.8. The van der Waals surface area contributed by atoms with Crippen LogP contribution in [0.15, 0.2) is 0 Å². The van der Waals surface area contributed by atoms with Crippen LogP contribution in [-0.4, -0.2) is 59.8 Å². The molecule has 0 rings (SSSR count). The Morgan fingerprint density at radius 2 is 0.903 bits per heavy atom. The van der Waals surface area contributed by atoms with Gasteiger partial charge < -0.3 is 24.8 Å². The number of carbonyl (C=O) groups excluding carboxylic acids is 2. The Bertz CT molecular complexity index is 415. The van der Waals surface area contributed by atoms with Gasteiger partial charge in [0.25, 0.3) is 0 Å². The molecule has 0 amide bonds. The molecule has 0 saturated carbocycles. The number of unbranched alkanes of at least 4 members (excludes halogenated alkanes) is 14. The van der Waals surface area contributed by atoms with Gasteiger partial charge in [-0.2, -0.15) is 0 Å². The second-order valence-corrected chi connectivity index (χ2v) is 8.21. The molecule has 0 saturated heterocycles. The maximum atomic E-state index is 11.7. The molecule has 7 heteroatoms. The van der Waals surface area contributed by atoms with Gasteiger partial charge in [0.2, 0.25) is 0 Å². The van der Waals surface area contributed by atoms with Gasteiger partial charge in [-0.25, -0.2) is 4.79 Å². The van der Waals surface area contributed by atoms with Crippen molar-refractivity contribution in [3.63, 3.8) is 0 Å². The quantitative estimate of drug-likeness (QED) is 0.160. The third-order valence-electron chi connectivity index (χ3n) is 5.24. The first kappa shape index (κ1) is 29.8. The Hall–Kier alpha value is -1.18. The molecule has 31 heavy (non-hydrogen) atoms. The Labute approximate surface area is 188 Å². The third-order valence-corrected chi connectivity index (χ3v) is 5.24. The van der Waals surface area contributed by atoms with Crippen LogP contribution in [0.4, 0.5) is 0 Å². The van der Waals surface area contributed by atoms with E-state index in [-0.39, 0.29) is 26.2 Å². The molecule has 1 unspecified atom stereocenters. The maximum Gasteiger partial charge on any atom is 0.335 e. The summed E-state index contributed by atoms with van der Waals surface area (Å²) < 4.78 is 10.1. The first-order chi connectivity index (χ1) is 15.1. The molecule has 0 aliphatic heterocycles. The molecule has 0 radical (unpaired) electrons. The van der Waals surface area contributed by atoms with Gasteiger partial charge in [-0.1, -0.05) is 77.0 Å². The van der Waals surface area contributed by atoms with Crippen molar-refractivity contribution in [3.8, 4) is 0 Å². The zero-order valence-corrected chi connectivity index (χ0v) is 19.4. The summed E-state index contributed by atoms with van der Waals surface area (Å²) >= 11 is 0. The molecule has 0 aromatic heterocycles. The number of esters is 2. The maximum absolute atomic E-state index is 11.7. The molecule has 184 valence electrons. The summed E-state index contributed by atoms with van der Waals surface area (Å²) in [6.45, 7) is 1.11. The van der Waals surface area contributed by atoms with Crippen LogP contribution in [-0.2, 0) is 19.1 Å². The van der Waals surface area contributed by atoms with Gasteiger partial charge in [0.15, 0.2) is 6.10 Å². The number of aliphatic hydroxyl groups is 3. The fourth-order valence-corrected chi connectivity index (χ4v) is 3.30. The van der Waals surface area contributed by atoms with Crippen LogP contribution in [0.1, 0.15) is 109 Å². The summed E-state index contributed by atoms with van der Waals surface area (Å²) in [6.07, 6.45) is 14.6. The summed E-state index contributed by atoms with van der Waals surface area (Å²) in [5.74, 6) is -1.34. The molecular formula is C24H46O7. The normalized spacial score (nSPS) is 12.0. The number of carbonyl (C=O) groups is 2. The van der Waals surface area contributed by atoms with E-state index in [1.807, 2.05) is 0 Å². The van der Waals surface area contributed by atoms with Crippen molar-refractivity contribution in [2.45, 2.75) is 115 Å². The zero-order valence-electron chi connectivity index (χ0n) is 19.4. The number of hydrogen-bond acceptors (Lipinski definition) is 7. The van der Waals surface area contributed by atoms with Crippen molar-refractivity contribution in [1.29, 1.82) is 0 Å². The van der Waals surface area contributed by atoms with E-state index in [0.717, 1.165) is 96.3 Å². The highest BCUT2D eigenvalue weighted by Crippen LogP contribution is 2.10. The van der Waals surface area contributed by atoms with Crippen LogP contribution in [0.25, 0.3) is 0 Å². The lowest BCUT2D eigenvalue weighted by molar-refractivity contribution is -0.160. The second kappa shape index (κ2) is 23.5. The molecule has 3 N–H and O–H groups in total. The largest absolute Gasteiger partial charge is 0.466 e. The van der Waals surface area contributed by atoms with Crippen LogP contribution in [0.3, 0.4) is 0 Å². The molecule has 0 bridgehead atoms. The number of rotatable bonds is 23. The molecule has 0 aromatic rings. The predicted molar refractivity (Wildman–Crippen MR) is 121 cm³/mol. The minimum Gasteiger partial charge on any atom is -0.466 e. The first-order valence-electron chi connectivity index (χ1n) is 12.3. The minimum absolute atomic E-state index is 0.259.